The Morgan fingerprint density at radius 3 is 1.71 bits per heavy atom. The van der Waals surface area contributed by atoms with Crippen LogP contribution in [0.4, 0.5) is 0 Å². The number of carbonyl (C=O) groups excluding carboxylic acids is 2. The van der Waals surface area contributed by atoms with E-state index < -0.39 is 11.9 Å². The topological polar surface area (TPSA) is 52.6 Å². The molecule has 0 aliphatic rings. The van der Waals surface area contributed by atoms with Crippen molar-refractivity contribution < 1.29 is 19.1 Å². The summed E-state index contributed by atoms with van der Waals surface area (Å²) in [6.45, 7) is 3.86. The van der Waals surface area contributed by atoms with Gasteiger partial charge in [0, 0.05) is 0 Å². The number of ether oxygens (including phenoxy) is 2. The summed E-state index contributed by atoms with van der Waals surface area (Å²) in [7, 11) is 0. The highest BCUT2D eigenvalue weighted by Crippen LogP contribution is 2.36. The molecule has 0 N–H and O–H groups in total. The molecule has 0 radical (unpaired) electrons. The normalized spacial score (nSPS) is 10.4. The zero-order valence-electron chi connectivity index (χ0n) is 16.0. The molecule has 0 aliphatic heterocycles. The van der Waals surface area contributed by atoms with Crippen molar-refractivity contribution >= 4 is 11.9 Å². The third-order valence-electron chi connectivity index (χ3n) is 4.32. The van der Waals surface area contributed by atoms with E-state index in [1.165, 1.54) is 0 Å². The van der Waals surface area contributed by atoms with E-state index in [2.05, 4.69) is 0 Å². The van der Waals surface area contributed by atoms with Gasteiger partial charge >= 0.3 is 11.9 Å². The minimum atomic E-state index is -0.491. The second-order valence-corrected chi connectivity index (χ2v) is 6.46. The average Bonchev–Trinajstić information content (AvgIpc) is 2.73. The van der Waals surface area contributed by atoms with Gasteiger partial charge in [-0.25, -0.2) is 9.59 Å². The summed E-state index contributed by atoms with van der Waals surface area (Å²) in [6.07, 6.45) is 1.57. The molecule has 0 spiro atoms. The molecule has 0 aromatic heterocycles. The van der Waals surface area contributed by atoms with Crippen molar-refractivity contribution in [2.24, 2.45) is 0 Å². The molecule has 0 saturated carbocycles. The van der Waals surface area contributed by atoms with Crippen LogP contribution in [0.3, 0.4) is 0 Å². The maximum atomic E-state index is 12.6. The van der Waals surface area contributed by atoms with Crippen LogP contribution in [0.25, 0.3) is 0 Å². The quantitative estimate of drug-likeness (QED) is 0.429. The fourth-order valence-corrected chi connectivity index (χ4v) is 2.86. The number of hydrogen-bond acceptors (Lipinski definition) is 4. The van der Waals surface area contributed by atoms with Gasteiger partial charge in [-0.2, -0.15) is 0 Å². The number of rotatable bonds is 6. The zero-order valence-corrected chi connectivity index (χ0v) is 16.0. The molecule has 4 heteroatoms. The maximum absolute atomic E-state index is 12.6. The summed E-state index contributed by atoms with van der Waals surface area (Å²) in [4.78, 5) is 25.2. The first kappa shape index (κ1) is 19.4. The Morgan fingerprint density at radius 2 is 1.21 bits per heavy atom. The van der Waals surface area contributed by atoms with Gasteiger partial charge in [-0.1, -0.05) is 61.9 Å². The molecule has 0 unspecified atom stereocenters. The molecule has 142 valence electrons. The lowest BCUT2D eigenvalue weighted by Gasteiger charge is -2.16. The molecular weight excluding hydrogens is 352 g/mol. The van der Waals surface area contributed by atoms with Crippen molar-refractivity contribution in [3.05, 3.63) is 95.1 Å². The number of hydrogen-bond donors (Lipinski definition) is 0. The smallest absolute Gasteiger partial charge is 0.343 e. The van der Waals surface area contributed by atoms with Crippen LogP contribution in [-0.2, 0) is 6.42 Å². The van der Waals surface area contributed by atoms with E-state index in [0.29, 0.717) is 23.3 Å². The van der Waals surface area contributed by atoms with E-state index in [1.807, 2.05) is 38.1 Å². The second kappa shape index (κ2) is 9.00. The fourth-order valence-electron chi connectivity index (χ4n) is 2.86. The van der Waals surface area contributed by atoms with Gasteiger partial charge in [0.2, 0.25) is 0 Å². The van der Waals surface area contributed by atoms with Gasteiger partial charge in [-0.15, -0.1) is 0 Å². The molecule has 28 heavy (non-hydrogen) atoms. The van der Waals surface area contributed by atoms with E-state index in [4.69, 9.17) is 9.47 Å². The number of aryl methyl sites for hydroxylation is 2. The van der Waals surface area contributed by atoms with Gasteiger partial charge in [-0.05, 0) is 48.7 Å². The molecule has 0 saturated heterocycles. The average molecular weight is 374 g/mol. The number of esters is 2. The summed E-state index contributed by atoms with van der Waals surface area (Å²) in [6, 6.07) is 21.3. The molecule has 0 bridgehead atoms. The first-order chi connectivity index (χ1) is 13.6. The first-order valence-corrected chi connectivity index (χ1v) is 9.27. The summed E-state index contributed by atoms with van der Waals surface area (Å²) >= 11 is 0. The van der Waals surface area contributed by atoms with Crippen LogP contribution >= 0.6 is 0 Å². The van der Waals surface area contributed by atoms with Gasteiger partial charge < -0.3 is 9.47 Å². The third-order valence-corrected chi connectivity index (χ3v) is 4.32. The lowest BCUT2D eigenvalue weighted by Crippen LogP contribution is -2.14. The van der Waals surface area contributed by atoms with E-state index >= 15 is 0 Å². The Bertz CT molecular complexity index is 963. The van der Waals surface area contributed by atoms with E-state index in [-0.39, 0.29) is 5.75 Å². The van der Waals surface area contributed by atoms with E-state index in [9.17, 15) is 9.59 Å². The zero-order chi connectivity index (χ0) is 19.9. The molecule has 3 aromatic rings. The van der Waals surface area contributed by atoms with Gasteiger partial charge in [0.1, 0.15) is 0 Å². The van der Waals surface area contributed by atoms with Crippen LogP contribution in [0.1, 0.15) is 45.2 Å². The molecule has 3 aromatic carbocycles. The van der Waals surface area contributed by atoms with Crippen molar-refractivity contribution in [2.45, 2.75) is 26.7 Å². The Hall–Kier alpha value is -3.40. The predicted molar refractivity (Wildman–Crippen MR) is 108 cm³/mol. The van der Waals surface area contributed by atoms with Gasteiger partial charge in [-0.3, -0.25) is 0 Å². The van der Waals surface area contributed by atoms with Gasteiger partial charge in [0.15, 0.2) is 11.5 Å². The molecular formula is C24H22O4. The predicted octanol–water partition coefficient (Wildman–Crippen LogP) is 5.39. The van der Waals surface area contributed by atoms with Crippen molar-refractivity contribution in [1.29, 1.82) is 0 Å². The summed E-state index contributed by atoms with van der Waals surface area (Å²) in [5, 5.41) is 0. The highest BCUT2D eigenvalue weighted by Gasteiger charge is 2.21. The SMILES string of the molecule is CCCc1ccc(C)c(OC(=O)c2ccccc2)c1OC(=O)c1ccccc1. The molecule has 0 fully saturated rings. The first-order valence-electron chi connectivity index (χ1n) is 9.27. The highest BCUT2D eigenvalue weighted by atomic mass is 16.6. The molecule has 3 rings (SSSR count). The monoisotopic (exact) mass is 374 g/mol. The third kappa shape index (κ3) is 4.46. The molecule has 4 nitrogen and oxygen atoms in total. The number of carbonyl (C=O) groups is 2. The van der Waals surface area contributed by atoms with Crippen LogP contribution in [-0.4, -0.2) is 11.9 Å². The largest absolute Gasteiger partial charge is 0.419 e. The Kier molecular flexibility index (Phi) is 6.22. The molecule has 0 heterocycles. The minimum absolute atomic E-state index is 0.282. The van der Waals surface area contributed by atoms with Crippen LogP contribution < -0.4 is 9.47 Å². The molecule has 0 aliphatic carbocycles. The van der Waals surface area contributed by atoms with Crippen molar-refractivity contribution in [2.75, 3.05) is 0 Å². The van der Waals surface area contributed by atoms with Crippen LogP contribution in [0.2, 0.25) is 0 Å². The van der Waals surface area contributed by atoms with Crippen molar-refractivity contribution in [1.82, 2.24) is 0 Å². The molecule has 0 atom stereocenters. The summed E-state index contributed by atoms with van der Waals surface area (Å²) in [5.41, 5.74) is 2.42. The van der Waals surface area contributed by atoms with Crippen LogP contribution in [0.15, 0.2) is 72.8 Å². The lowest BCUT2D eigenvalue weighted by molar-refractivity contribution is 0.0680. The lowest BCUT2D eigenvalue weighted by atomic mass is 10.1. The van der Waals surface area contributed by atoms with E-state index in [0.717, 1.165) is 17.5 Å². The minimum Gasteiger partial charge on any atom is -0.419 e. The van der Waals surface area contributed by atoms with Crippen molar-refractivity contribution in [3.63, 3.8) is 0 Å². The maximum Gasteiger partial charge on any atom is 0.343 e. The standard InChI is InChI=1S/C24H22O4/c1-3-10-18-16-15-17(2)21(27-23(25)19-11-6-4-7-12-19)22(18)28-24(26)20-13-8-5-9-14-20/h4-9,11-16H,3,10H2,1-2H3. The second-order valence-electron chi connectivity index (χ2n) is 6.46. The Labute approximate surface area is 164 Å². The van der Waals surface area contributed by atoms with Gasteiger partial charge in [0.25, 0.3) is 0 Å². The van der Waals surface area contributed by atoms with Crippen LogP contribution in [0, 0.1) is 6.92 Å². The molecule has 0 amide bonds. The van der Waals surface area contributed by atoms with E-state index in [1.54, 1.807) is 48.5 Å². The number of benzene rings is 3. The Balaban J connectivity index is 1.97. The summed E-state index contributed by atoms with van der Waals surface area (Å²) < 4.78 is 11.4. The highest BCUT2D eigenvalue weighted by molar-refractivity contribution is 5.93. The van der Waals surface area contributed by atoms with Crippen molar-refractivity contribution in [3.8, 4) is 11.5 Å². The summed E-state index contributed by atoms with van der Waals surface area (Å²) in [5.74, 6) is -0.390. The van der Waals surface area contributed by atoms with Crippen LogP contribution in [0.5, 0.6) is 11.5 Å². The van der Waals surface area contributed by atoms with Gasteiger partial charge in [0.05, 0.1) is 11.1 Å². The fraction of sp³-hybridized carbons (Fsp3) is 0.167. The Morgan fingerprint density at radius 1 is 0.714 bits per heavy atom.